The molecule has 2 rings (SSSR count). The Bertz CT molecular complexity index is 598. The van der Waals surface area contributed by atoms with E-state index >= 15 is 0 Å². The minimum Gasteiger partial charge on any atom is -0.335 e. The molecule has 8 heteroatoms. The molecule has 1 unspecified atom stereocenters. The summed E-state index contributed by atoms with van der Waals surface area (Å²) in [6, 6.07) is 6.46. The molecule has 5 nitrogen and oxygen atoms in total. The summed E-state index contributed by atoms with van der Waals surface area (Å²) in [5.74, 6) is -3.73. The summed E-state index contributed by atoms with van der Waals surface area (Å²) in [5, 5.41) is 5.25. The van der Waals surface area contributed by atoms with Crippen molar-refractivity contribution in [3.8, 4) is 0 Å². The first-order chi connectivity index (χ1) is 10.8. The summed E-state index contributed by atoms with van der Waals surface area (Å²) in [6.07, 6.45) is 0.239. The molecule has 24 heavy (non-hydrogen) atoms. The monoisotopic (exact) mass is 361 g/mol. The number of hydrogen-bond acceptors (Lipinski definition) is 3. The fourth-order valence-electron chi connectivity index (χ4n) is 2.59. The fourth-order valence-corrected chi connectivity index (χ4v) is 2.59. The van der Waals surface area contributed by atoms with Gasteiger partial charge in [-0.25, -0.2) is 8.78 Å². The van der Waals surface area contributed by atoms with Crippen LogP contribution in [-0.4, -0.2) is 48.8 Å². The maximum Gasteiger partial charge on any atom is 0.262 e. The molecule has 2 N–H and O–H groups in total. The zero-order chi connectivity index (χ0) is 17.0. The third-order valence-electron chi connectivity index (χ3n) is 3.84. The van der Waals surface area contributed by atoms with Gasteiger partial charge in [-0.1, -0.05) is 25.1 Å². The van der Waals surface area contributed by atoms with Gasteiger partial charge >= 0.3 is 0 Å². The topological polar surface area (TPSA) is 61.4 Å². The van der Waals surface area contributed by atoms with E-state index in [9.17, 15) is 18.4 Å². The first-order valence-electron chi connectivity index (χ1n) is 7.56. The Morgan fingerprint density at radius 2 is 2.04 bits per heavy atom. The van der Waals surface area contributed by atoms with Crippen LogP contribution >= 0.6 is 12.4 Å². The van der Waals surface area contributed by atoms with Crippen molar-refractivity contribution in [2.24, 2.45) is 0 Å². The first-order valence-corrected chi connectivity index (χ1v) is 7.56. The standard InChI is InChI=1S/C16H21F2N3O2.ClH/c1-3-11-6-4-5-7-12(11)20-14(22)9-21(2)15(23)13-8-16(17,18)10-19-13;/h4-7,13,19H,3,8-10H2,1-2H3,(H,20,22);1H. The van der Waals surface area contributed by atoms with Crippen LogP contribution in [0, 0.1) is 0 Å². The third-order valence-corrected chi connectivity index (χ3v) is 3.84. The Morgan fingerprint density at radius 3 is 2.62 bits per heavy atom. The molecule has 0 aromatic heterocycles. The number of nitrogens with zero attached hydrogens (tertiary/aromatic N) is 1. The number of carbonyl (C=O) groups excluding carboxylic acids is 2. The number of likely N-dealkylation sites (N-methyl/N-ethyl adjacent to an activating group) is 1. The Balaban J connectivity index is 0.00000288. The van der Waals surface area contributed by atoms with Gasteiger partial charge in [0, 0.05) is 19.2 Å². The average molecular weight is 362 g/mol. The molecule has 1 aromatic rings. The van der Waals surface area contributed by atoms with Gasteiger partial charge in [-0.3, -0.25) is 14.9 Å². The van der Waals surface area contributed by atoms with Crippen molar-refractivity contribution in [2.75, 3.05) is 25.5 Å². The molecule has 0 bridgehead atoms. The van der Waals surface area contributed by atoms with Crippen LogP contribution in [0.15, 0.2) is 24.3 Å². The number of rotatable bonds is 5. The van der Waals surface area contributed by atoms with Gasteiger partial charge in [-0.2, -0.15) is 0 Å². The van der Waals surface area contributed by atoms with Crippen molar-refractivity contribution in [1.29, 1.82) is 0 Å². The highest BCUT2D eigenvalue weighted by atomic mass is 35.5. The summed E-state index contributed by atoms with van der Waals surface area (Å²) in [7, 11) is 1.44. The van der Waals surface area contributed by atoms with E-state index in [-0.39, 0.29) is 24.9 Å². The molecule has 2 amide bonds. The van der Waals surface area contributed by atoms with E-state index in [1.807, 2.05) is 25.1 Å². The molecule has 0 radical (unpaired) electrons. The van der Waals surface area contributed by atoms with E-state index in [0.717, 1.165) is 12.0 Å². The average Bonchev–Trinajstić information content (AvgIpc) is 2.87. The lowest BCUT2D eigenvalue weighted by Gasteiger charge is -2.21. The van der Waals surface area contributed by atoms with Crippen molar-refractivity contribution < 1.29 is 18.4 Å². The highest BCUT2D eigenvalue weighted by Crippen LogP contribution is 2.25. The number of carbonyl (C=O) groups is 2. The van der Waals surface area contributed by atoms with Crippen LogP contribution < -0.4 is 10.6 Å². The van der Waals surface area contributed by atoms with Crippen molar-refractivity contribution >= 4 is 29.9 Å². The van der Waals surface area contributed by atoms with Gasteiger partial charge in [0.15, 0.2) is 0 Å². The van der Waals surface area contributed by atoms with Crippen molar-refractivity contribution in [2.45, 2.75) is 31.7 Å². The highest BCUT2D eigenvalue weighted by Gasteiger charge is 2.43. The van der Waals surface area contributed by atoms with Crippen LogP contribution in [-0.2, 0) is 16.0 Å². The van der Waals surface area contributed by atoms with Gasteiger partial charge in [-0.05, 0) is 18.1 Å². The number of nitrogens with one attached hydrogen (secondary N) is 2. The molecule has 134 valence electrons. The molecular weight excluding hydrogens is 340 g/mol. The molecule has 1 heterocycles. The molecule has 1 saturated heterocycles. The number of benzene rings is 1. The summed E-state index contributed by atoms with van der Waals surface area (Å²) in [6.45, 7) is 1.29. The molecule has 0 aliphatic carbocycles. The van der Waals surface area contributed by atoms with Crippen LogP contribution in [0.1, 0.15) is 18.9 Å². The molecule has 1 atom stereocenters. The number of para-hydroxylation sites is 1. The molecule has 1 aliphatic rings. The number of anilines is 1. The van der Waals surface area contributed by atoms with Crippen LogP contribution in [0.2, 0.25) is 0 Å². The van der Waals surface area contributed by atoms with E-state index < -0.39 is 30.8 Å². The summed E-state index contributed by atoms with van der Waals surface area (Å²) in [5.41, 5.74) is 1.69. The SMILES string of the molecule is CCc1ccccc1NC(=O)CN(C)C(=O)C1CC(F)(F)CN1.Cl. The maximum absolute atomic E-state index is 13.1. The van der Waals surface area contributed by atoms with Gasteiger partial charge in [-0.15, -0.1) is 12.4 Å². The van der Waals surface area contributed by atoms with E-state index in [0.29, 0.717) is 5.69 Å². The van der Waals surface area contributed by atoms with E-state index in [4.69, 9.17) is 0 Å². The summed E-state index contributed by atoms with van der Waals surface area (Å²) in [4.78, 5) is 25.3. The number of alkyl halides is 2. The summed E-state index contributed by atoms with van der Waals surface area (Å²) < 4.78 is 26.3. The van der Waals surface area contributed by atoms with Crippen LogP contribution in [0.25, 0.3) is 0 Å². The van der Waals surface area contributed by atoms with E-state index in [2.05, 4.69) is 10.6 Å². The molecule has 0 saturated carbocycles. The predicted molar refractivity (Wildman–Crippen MR) is 90.7 cm³/mol. The number of amides is 2. The number of aryl methyl sites for hydroxylation is 1. The van der Waals surface area contributed by atoms with E-state index in [1.54, 1.807) is 6.07 Å². The van der Waals surface area contributed by atoms with Gasteiger partial charge in [0.25, 0.3) is 5.92 Å². The quantitative estimate of drug-likeness (QED) is 0.844. The van der Waals surface area contributed by atoms with Crippen molar-refractivity contribution in [3.63, 3.8) is 0 Å². The Kier molecular flexibility index (Phi) is 7.10. The third kappa shape index (κ3) is 5.14. The molecular formula is C16H22ClF2N3O2. The van der Waals surface area contributed by atoms with E-state index in [1.165, 1.54) is 11.9 Å². The smallest absolute Gasteiger partial charge is 0.262 e. The van der Waals surface area contributed by atoms with Gasteiger partial charge in [0.2, 0.25) is 11.8 Å². The van der Waals surface area contributed by atoms with Crippen molar-refractivity contribution in [1.82, 2.24) is 10.2 Å². The highest BCUT2D eigenvalue weighted by molar-refractivity contribution is 5.95. The second-order valence-corrected chi connectivity index (χ2v) is 5.75. The lowest BCUT2D eigenvalue weighted by atomic mass is 10.1. The van der Waals surface area contributed by atoms with Gasteiger partial charge in [0.05, 0.1) is 19.1 Å². The zero-order valence-electron chi connectivity index (χ0n) is 13.6. The Morgan fingerprint density at radius 1 is 1.38 bits per heavy atom. The normalized spacial score (nSPS) is 18.6. The molecule has 0 spiro atoms. The number of halogens is 3. The van der Waals surface area contributed by atoms with Crippen LogP contribution in [0.3, 0.4) is 0 Å². The minimum atomic E-state index is -2.87. The lowest BCUT2D eigenvalue weighted by molar-refractivity contribution is -0.135. The largest absolute Gasteiger partial charge is 0.335 e. The summed E-state index contributed by atoms with van der Waals surface area (Å²) >= 11 is 0. The Hall–Kier alpha value is -1.73. The first kappa shape index (κ1) is 20.3. The predicted octanol–water partition coefficient (Wildman–Crippen LogP) is 2.06. The number of hydrogen-bond donors (Lipinski definition) is 2. The molecule has 1 aliphatic heterocycles. The minimum absolute atomic E-state index is 0. The second-order valence-electron chi connectivity index (χ2n) is 5.75. The van der Waals surface area contributed by atoms with Gasteiger partial charge < -0.3 is 10.2 Å². The maximum atomic E-state index is 13.1. The van der Waals surface area contributed by atoms with Crippen LogP contribution in [0.5, 0.6) is 0 Å². The van der Waals surface area contributed by atoms with Crippen LogP contribution in [0.4, 0.5) is 14.5 Å². The second kappa shape index (κ2) is 8.39. The molecule has 1 fully saturated rings. The van der Waals surface area contributed by atoms with Crippen molar-refractivity contribution in [3.05, 3.63) is 29.8 Å². The molecule has 1 aromatic carbocycles. The fraction of sp³-hybridized carbons (Fsp3) is 0.500. The zero-order valence-corrected chi connectivity index (χ0v) is 14.5. The van der Waals surface area contributed by atoms with Gasteiger partial charge in [0.1, 0.15) is 0 Å². The lowest BCUT2D eigenvalue weighted by Crippen LogP contribution is -2.44. The Labute approximate surface area is 146 Å².